The van der Waals surface area contributed by atoms with Crippen molar-refractivity contribution in [1.82, 2.24) is 4.57 Å². The van der Waals surface area contributed by atoms with E-state index in [1.54, 1.807) is 13.2 Å². The predicted molar refractivity (Wildman–Crippen MR) is 88.1 cm³/mol. The molecule has 4 heteroatoms. The van der Waals surface area contributed by atoms with Crippen LogP contribution in [0.15, 0.2) is 47.3 Å². The Morgan fingerprint density at radius 2 is 2.04 bits per heavy atom. The monoisotopic (exact) mass is 305 g/mol. The van der Waals surface area contributed by atoms with E-state index in [0.717, 1.165) is 28.9 Å². The van der Waals surface area contributed by atoms with Crippen LogP contribution in [0.25, 0.3) is 16.5 Å². The van der Waals surface area contributed by atoms with Gasteiger partial charge in [0.15, 0.2) is 0 Å². The minimum atomic E-state index is -0.00176. The molecule has 2 aliphatic heterocycles. The van der Waals surface area contributed by atoms with Crippen molar-refractivity contribution < 1.29 is 9.47 Å². The second-order valence-corrected chi connectivity index (χ2v) is 6.01. The smallest absolute Gasteiger partial charge is 0.263 e. The standard InChI is InChI=1S/C19H15NO3/c1-22-11-6-7-14-15(10-11)19(21)20-16-5-3-2-4-12(16)13-8-9-23-18(14)17(13)20/h2-7,10,13H,8-9H2,1H3. The lowest BCUT2D eigenvalue weighted by Crippen LogP contribution is -2.23. The van der Waals surface area contributed by atoms with Crippen LogP contribution in [0.4, 0.5) is 0 Å². The van der Waals surface area contributed by atoms with E-state index >= 15 is 0 Å². The summed E-state index contributed by atoms with van der Waals surface area (Å²) in [6.07, 6.45) is 0.908. The first-order chi connectivity index (χ1) is 11.3. The van der Waals surface area contributed by atoms with Crippen molar-refractivity contribution in [3.63, 3.8) is 0 Å². The van der Waals surface area contributed by atoms with Crippen molar-refractivity contribution in [2.24, 2.45) is 0 Å². The molecule has 1 atom stereocenters. The van der Waals surface area contributed by atoms with Crippen LogP contribution in [-0.2, 0) is 0 Å². The van der Waals surface area contributed by atoms with Gasteiger partial charge in [-0.05, 0) is 36.2 Å². The summed E-state index contributed by atoms with van der Waals surface area (Å²) in [6, 6.07) is 13.8. The molecular weight excluding hydrogens is 290 g/mol. The van der Waals surface area contributed by atoms with Crippen molar-refractivity contribution >= 4 is 10.8 Å². The van der Waals surface area contributed by atoms with Crippen LogP contribution in [0.2, 0.25) is 0 Å². The summed E-state index contributed by atoms with van der Waals surface area (Å²) in [5, 5.41) is 1.51. The first-order valence-corrected chi connectivity index (χ1v) is 7.78. The lowest BCUT2D eigenvalue weighted by molar-refractivity contribution is 0.278. The van der Waals surface area contributed by atoms with Crippen LogP contribution in [0.5, 0.6) is 11.5 Å². The Balaban J connectivity index is 1.98. The minimum absolute atomic E-state index is 0.00176. The molecule has 23 heavy (non-hydrogen) atoms. The van der Waals surface area contributed by atoms with Gasteiger partial charge in [-0.1, -0.05) is 18.2 Å². The van der Waals surface area contributed by atoms with Gasteiger partial charge < -0.3 is 9.47 Å². The number of benzene rings is 2. The molecular formula is C19H15NO3. The van der Waals surface area contributed by atoms with E-state index in [-0.39, 0.29) is 11.5 Å². The molecule has 4 nitrogen and oxygen atoms in total. The number of fused-ring (bicyclic) bond motifs is 5. The number of nitrogens with zero attached hydrogens (tertiary/aromatic N) is 1. The van der Waals surface area contributed by atoms with E-state index in [9.17, 15) is 4.79 Å². The van der Waals surface area contributed by atoms with Gasteiger partial charge in [0, 0.05) is 11.3 Å². The number of para-hydroxylation sites is 1. The highest BCUT2D eigenvalue weighted by molar-refractivity contribution is 5.91. The normalized spacial score (nSPS) is 17.5. The van der Waals surface area contributed by atoms with Crippen molar-refractivity contribution in [2.45, 2.75) is 12.3 Å². The summed E-state index contributed by atoms with van der Waals surface area (Å²) in [4.78, 5) is 13.1. The summed E-state index contributed by atoms with van der Waals surface area (Å²) in [6.45, 7) is 0.672. The van der Waals surface area contributed by atoms with E-state index in [2.05, 4.69) is 6.07 Å². The van der Waals surface area contributed by atoms with Crippen LogP contribution in [0.3, 0.4) is 0 Å². The van der Waals surface area contributed by atoms with Crippen molar-refractivity contribution in [3.05, 3.63) is 64.1 Å². The fourth-order valence-electron chi connectivity index (χ4n) is 3.90. The molecule has 0 spiro atoms. The van der Waals surface area contributed by atoms with Gasteiger partial charge >= 0.3 is 0 Å². The molecule has 0 radical (unpaired) electrons. The second kappa shape index (κ2) is 4.38. The number of hydrogen-bond acceptors (Lipinski definition) is 3. The van der Waals surface area contributed by atoms with Crippen LogP contribution in [-0.4, -0.2) is 18.3 Å². The molecule has 0 bridgehead atoms. The molecule has 2 aliphatic rings. The number of rotatable bonds is 1. The number of methoxy groups -OCH3 is 1. The van der Waals surface area contributed by atoms with Crippen LogP contribution in [0.1, 0.15) is 23.6 Å². The molecule has 2 aromatic carbocycles. The maximum absolute atomic E-state index is 13.1. The zero-order valence-electron chi connectivity index (χ0n) is 12.7. The first kappa shape index (κ1) is 12.8. The summed E-state index contributed by atoms with van der Waals surface area (Å²) in [5.41, 5.74) is 3.20. The third kappa shape index (κ3) is 1.53. The summed E-state index contributed by atoms with van der Waals surface area (Å²) in [5.74, 6) is 1.77. The zero-order chi connectivity index (χ0) is 15.6. The summed E-state index contributed by atoms with van der Waals surface area (Å²) >= 11 is 0. The van der Waals surface area contributed by atoms with E-state index in [1.807, 2.05) is 34.9 Å². The SMILES string of the molecule is COc1ccc2c3c4n(c(=O)c2c1)-c1ccccc1C4CCO3. The average Bonchev–Trinajstić information content (AvgIpc) is 2.95. The molecule has 0 fully saturated rings. The maximum atomic E-state index is 13.1. The topological polar surface area (TPSA) is 40.5 Å². The molecule has 0 saturated heterocycles. The Morgan fingerprint density at radius 3 is 2.91 bits per heavy atom. The molecule has 5 rings (SSSR count). The van der Waals surface area contributed by atoms with Crippen LogP contribution in [0, 0.1) is 0 Å². The van der Waals surface area contributed by atoms with E-state index in [0.29, 0.717) is 17.7 Å². The molecule has 3 aromatic rings. The maximum Gasteiger partial charge on any atom is 0.263 e. The van der Waals surface area contributed by atoms with Gasteiger partial charge in [0.05, 0.1) is 30.5 Å². The van der Waals surface area contributed by atoms with Crippen LogP contribution >= 0.6 is 0 Å². The lowest BCUT2D eigenvalue weighted by atomic mass is 9.92. The van der Waals surface area contributed by atoms with Gasteiger partial charge in [0.25, 0.3) is 5.56 Å². The summed E-state index contributed by atoms with van der Waals surface area (Å²) < 4.78 is 13.1. The van der Waals surface area contributed by atoms with Gasteiger partial charge in [0.1, 0.15) is 11.5 Å². The third-order valence-corrected chi connectivity index (χ3v) is 4.91. The lowest BCUT2D eigenvalue weighted by Gasteiger charge is -2.24. The molecule has 0 saturated carbocycles. The fraction of sp³-hybridized carbons (Fsp3) is 0.211. The third-order valence-electron chi connectivity index (χ3n) is 4.91. The van der Waals surface area contributed by atoms with Gasteiger partial charge in [-0.25, -0.2) is 0 Å². The molecule has 0 amide bonds. The second-order valence-electron chi connectivity index (χ2n) is 6.01. The fourth-order valence-corrected chi connectivity index (χ4v) is 3.90. The highest BCUT2D eigenvalue weighted by Gasteiger charge is 2.36. The minimum Gasteiger partial charge on any atom is -0.497 e. The van der Waals surface area contributed by atoms with Gasteiger partial charge in [-0.2, -0.15) is 0 Å². The van der Waals surface area contributed by atoms with Gasteiger partial charge in [-0.3, -0.25) is 9.36 Å². The van der Waals surface area contributed by atoms with E-state index in [4.69, 9.17) is 9.47 Å². The zero-order valence-corrected chi connectivity index (χ0v) is 12.7. The number of hydrogen-bond donors (Lipinski definition) is 0. The van der Waals surface area contributed by atoms with Crippen molar-refractivity contribution in [1.29, 1.82) is 0 Å². The summed E-state index contributed by atoms with van der Waals surface area (Å²) in [7, 11) is 1.61. The largest absolute Gasteiger partial charge is 0.497 e. The Hall–Kier alpha value is -2.75. The van der Waals surface area contributed by atoms with Crippen molar-refractivity contribution in [2.75, 3.05) is 13.7 Å². The van der Waals surface area contributed by atoms with Crippen molar-refractivity contribution in [3.8, 4) is 17.2 Å². The highest BCUT2D eigenvalue weighted by Crippen LogP contribution is 2.47. The molecule has 0 aliphatic carbocycles. The Bertz CT molecular complexity index is 1020. The van der Waals surface area contributed by atoms with E-state index < -0.39 is 0 Å². The molecule has 1 aromatic heterocycles. The molecule has 1 unspecified atom stereocenters. The Labute approximate surface area is 132 Å². The van der Waals surface area contributed by atoms with Crippen LogP contribution < -0.4 is 15.0 Å². The number of pyridine rings is 1. The Kier molecular flexibility index (Phi) is 2.43. The molecule has 114 valence electrons. The Morgan fingerprint density at radius 1 is 1.17 bits per heavy atom. The predicted octanol–water partition coefficient (Wildman–Crippen LogP) is 3.23. The average molecular weight is 305 g/mol. The number of ether oxygens (including phenoxy) is 2. The van der Waals surface area contributed by atoms with Gasteiger partial charge in [0.2, 0.25) is 0 Å². The van der Waals surface area contributed by atoms with E-state index in [1.165, 1.54) is 5.56 Å². The van der Waals surface area contributed by atoms with Gasteiger partial charge in [-0.15, -0.1) is 0 Å². The molecule has 3 heterocycles. The molecule has 0 N–H and O–H groups in total. The number of aromatic nitrogens is 1. The first-order valence-electron chi connectivity index (χ1n) is 7.78. The highest BCUT2D eigenvalue weighted by atomic mass is 16.5. The quantitative estimate of drug-likeness (QED) is 0.693.